The van der Waals surface area contributed by atoms with Crippen LogP contribution in [0.2, 0.25) is 0 Å². The predicted molar refractivity (Wildman–Crippen MR) is 100 cm³/mol. The lowest BCUT2D eigenvalue weighted by atomic mass is 9.85. The predicted octanol–water partition coefficient (Wildman–Crippen LogP) is 4.11. The Labute approximate surface area is 153 Å². The molecule has 0 rings (SSSR count). The largest absolute Gasteiger partial charge is 0.466 e. The fraction of sp³-hybridized carbons (Fsp3) is 0.850. The van der Waals surface area contributed by atoms with Gasteiger partial charge < -0.3 is 20.1 Å². The van der Waals surface area contributed by atoms with E-state index in [2.05, 4.69) is 6.92 Å². The molecule has 0 aromatic carbocycles. The lowest BCUT2D eigenvalue weighted by Crippen LogP contribution is -2.40. The summed E-state index contributed by atoms with van der Waals surface area (Å²) in [7, 11) is 0. The Morgan fingerprint density at radius 2 is 1.44 bits per heavy atom. The summed E-state index contributed by atoms with van der Waals surface area (Å²) in [6.45, 7) is 2.56. The summed E-state index contributed by atoms with van der Waals surface area (Å²) in [6.07, 6.45) is 13.7. The van der Waals surface area contributed by atoms with Crippen LogP contribution >= 0.6 is 0 Å². The van der Waals surface area contributed by atoms with E-state index in [-0.39, 0.29) is 5.97 Å². The number of esters is 1. The fourth-order valence-corrected chi connectivity index (χ4v) is 2.98. The lowest BCUT2D eigenvalue weighted by Gasteiger charge is -2.28. The summed E-state index contributed by atoms with van der Waals surface area (Å²) in [5, 5.41) is 0. The first kappa shape index (κ1) is 23.8. The van der Waals surface area contributed by atoms with Crippen LogP contribution in [0.25, 0.3) is 0 Å². The molecule has 0 aromatic rings. The number of nitrogens with two attached hydrogens (primary N) is 1. The molecule has 0 saturated heterocycles. The number of hydrogen-bond donors (Lipinski definition) is 1. The van der Waals surface area contributed by atoms with E-state index in [0.29, 0.717) is 51.6 Å². The molecule has 25 heavy (non-hydrogen) atoms. The summed E-state index contributed by atoms with van der Waals surface area (Å²) in [5.41, 5.74) is 5.76. The van der Waals surface area contributed by atoms with Crippen LogP contribution in [0.1, 0.15) is 96.8 Å². The first-order chi connectivity index (χ1) is 12.1. The molecule has 0 amide bonds. The van der Waals surface area contributed by atoms with Gasteiger partial charge in [0.25, 0.3) is 0 Å². The van der Waals surface area contributed by atoms with Crippen LogP contribution in [0.4, 0.5) is 0 Å². The van der Waals surface area contributed by atoms with E-state index in [0.717, 1.165) is 25.4 Å². The van der Waals surface area contributed by atoms with Crippen LogP contribution in [0, 0.1) is 0 Å². The van der Waals surface area contributed by atoms with Gasteiger partial charge in [0.05, 0.1) is 6.61 Å². The van der Waals surface area contributed by atoms with Gasteiger partial charge in [0.15, 0.2) is 0 Å². The van der Waals surface area contributed by atoms with E-state index in [9.17, 15) is 14.4 Å². The lowest BCUT2D eigenvalue weighted by molar-refractivity contribution is -0.144. The highest BCUT2D eigenvalue weighted by Gasteiger charge is 2.23. The molecule has 0 aliphatic heterocycles. The minimum absolute atomic E-state index is 0.142. The van der Waals surface area contributed by atoms with Gasteiger partial charge in [0.1, 0.15) is 12.6 Å². The highest BCUT2D eigenvalue weighted by atomic mass is 16.5. The monoisotopic (exact) mass is 355 g/mol. The summed E-state index contributed by atoms with van der Waals surface area (Å²) >= 11 is 0. The average Bonchev–Trinajstić information content (AvgIpc) is 2.61. The number of carbonyl (C=O) groups excluding carboxylic acids is 3. The normalized spacial score (nSPS) is 11.3. The molecular formula is C20H37NO4. The van der Waals surface area contributed by atoms with Gasteiger partial charge in [0.2, 0.25) is 0 Å². The molecule has 0 aliphatic rings. The maximum atomic E-state index is 11.7. The standard InChI is InChI=1S/C20H37NO4/c1-2-3-4-5-6-7-8-12-19(24)25-18-11-15-20(21,13-9-16-22)14-10-17-23/h16-17H,2-15,18,21H2,1H3. The molecule has 0 spiro atoms. The molecule has 0 radical (unpaired) electrons. The zero-order chi connectivity index (χ0) is 18.8. The van der Waals surface area contributed by atoms with Crippen LogP contribution in [0.15, 0.2) is 0 Å². The Bertz CT molecular complexity index is 346. The van der Waals surface area contributed by atoms with Crippen molar-refractivity contribution in [3.63, 3.8) is 0 Å². The number of aldehydes is 2. The SMILES string of the molecule is CCCCCCCCCC(=O)OCCCC(N)(CCC=O)CCC=O. The highest BCUT2D eigenvalue weighted by Crippen LogP contribution is 2.21. The van der Waals surface area contributed by atoms with Crippen LogP contribution in [0.3, 0.4) is 0 Å². The molecule has 0 aliphatic carbocycles. The van der Waals surface area contributed by atoms with Crippen LogP contribution in [-0.2, 0) is 19.1 Å². The molecule has 5 heteroatoms. The second-order valence-electron chi connectivity index (χ2n) is 6.97. The first-order valence-corrected chi connectivity index (χ1v) is 9.89. The number of hydrogen-bond acceptors (Lipinski definition) is 5. The van der Waals surface area contributed by atoms with Gasteiger partial charge >= 0.3 is 5.97 Å². The van der Waals surface area contributed by atoms with E-state index in [4.69, 9.17) is 10.5 Å². The third-order valence-corrected chi connectivity index (χ3v) is 4.59. The van der Waals surface area contributed by atoms with Crippen LogP contribution in [0.5, 0.6) is 0 Å². The molecule has 2 N–H and O–H groups in total. The summed E-state index contributed by atoms with van der Waals surface area (Å²) in [6, 6.07) is 0. The van der Waals surface area contributed by atoms with Crippen LogP contribution < -0.4 is 5.73 Å². The van der Waals surface area contributed by atoms with Crippen molar-refractivity contribution in [1.82, 2.24) is 0 Å². The van der Waals surface area contributed by atoms with Crippen molar-refractivity contribution >= 4 is 18.5 Å². The molecule has 146 valence electrons. The number of carbonyl (C=O) groups is 3. The van der Waals surface area contributed by atoms with Gasteiger partial charge in [-0.3, -0.25) is 4.79 Å². The maximum absolute atomic E-state index is 11.7. The van der Waals surface area contributed by atoms with Gasteiger partial charge in [-0.15, -0.1) is 0 Å². The Morgan fingerprint density at radius 3 is 2.00 bits per heavy atom. The summed E-state index contributed by atoms with van der Waals surface area (Å²) in [4.78, 5) is 32.8. The van der Waals surface area contributed by atoms with E-state index >= 15 is 0 Å². The van der Waals surface area contributed by atoms with Gasteiger partial charge in [0, 0.05) is 24.8 Å². The second kappa shape index (κ2) is 16.2. The van der Waals surface area contributed by atoms with Crippen molar-refractivity contribution in [1.29, 1.82) is 0 Å². The van der Waals surface area contributed by atoms with Crippen molar-refractivity contribution in [2.45, 2.75) is 102 Å². The summed E-state index contributed by atoms with van der Waals surface area (Å²) in [5.74, 6) is -0.142. The Morgan fingerprint density at radius 1 is 0.880 bits per heavy atom. The third kappa shape index (κ3) is 14.8. The number of ether oxygens (including phenoxy) is 1. The molecule has 0 fully saturated rings. The zero-order valence-electron chi connectivity index (χ0n) is 16.0. The zero-order valence-corrected chi connectivity index (χ0v) is 16.0. The minimum Gasteiger partial charge on any atom is -0.466 e. The van der Waals surface area contributed by atoms with Crippen LogP contribution in [-0.4, -0.2) is 30.7 Å². The molecular weight excluding hydrogens is 318 g/mol. The quantitative estimate of drug-likeness (QED) is 0.227. The van der Waals surface area contributed by atoms with Crippen molar-refractivity contribution in [3.8, 4) is 0 Å². The van der Waals surface area contributed by atoms with E-state index < -0.39 is 5.54 Å². The van der Waals surface area contributed by atoms with Gasteiger partial charge in [-0.05, 0) is 32.1 Å². The maximum Gasteiger partial charge on any atom is 0.305 e. The molecule has 0 atom stereocenters. The Hall–Kier alpha value is -1.23. The molecule has 0 saturated carbocycles. The second-order valence-corrected chi connectivity index (χ2v) is 6.97. The van der Waals surface area contributed by atoms with Crippen molar-refractivity contribution in [3.05, 3.63) is 0 Å². The molecule has 0 aromatic heterocycles. The fourth-order valence-electron chi connectivity index (χ4n) is 2.98. The molecule has 0 bridgehead atoms. The van der Waals surface area contributed by atoms with E-state index in [1.54, 1.807) is 0 Å². The van der Waals surface area contributed by atoms with Crippen molar-refractivity contribution < 1.29 is 19.1 Å². The van der Waals surface area contributed by atoms with Gasteiger partial charge in [-0.2, -0.15) is 0 Å². The Balaban J connectivity index is 3.75. The third-order valence-electron chi connectivity index (χ3n) is 4.59. The minimum atomic E-state index is -0.521. The first-order valence-electron chi connectivity index (χ1n) is 9.89. The molecule has 0 unspecified atom stereocenters. The van der Waals surface area contributed by atoms with Crippen molar-refractivity contribution in [2.75, 3.05) is 6.61 Å². The van der Waals surface area contributed by atoms with E-state index in [1.165, 1.54) is 32.1 Å². The highest BCUT2D eigenvalue weighted by molar-refractivity contribution is 5.69. The Kier molecular flexibility index (Phi) is 15.5. The molecule has 0 heterocycles. The van der Waals surface area contributed by atoms with Crippen molar-refractivity contribution in [2.24, 2.45) is 5.73 Å². The smallest absolute Gasteiger partial charge is 0.305 e. The molecule has 5 nitrogen and oxygen atoms in total. The van der Waals surface area contributed by atoms with E-state index in [1.807, 2.05) is 0 Å². The van der Waals surface area contributed by atoms with Gasteiger partial charge in [-0.1, -0.05) is 45.4 Å². The average molecular weight is 356 g/mol. The topological polar surface area (TPSA) is 86.5 Å². The van der Waals surface area contributed by atoms with Gasteiger partial charge in [-0.25, -0.2) is 0 Å². The summed E-state index contributed by atoms with van der Waals surface area (Å²) < 4.78 is 5.26. The number of unbranched alkanes of at least 4 members (excludes halogenated alkanes) is 6. The number of rotatable bonds is 18.